The highest BCUT2D eigenvalue weighted by atomic mass is 15.1. The van der Waals surface area contributed by atoms with Gasteiger partial charge in [0, 0.05) is 13.1 Å². The zero-order valence-corrected chi connectivity index (χ0v) is 14.7. The van der Waals surface area contributed by atoms with E-state index in [0.717, 1.165) is 19.5 Å². The molecule has 1 fully saturated rings. The number of nitrogens with zero attached hydrogens (tertiary/aromatic N) is 2. The first-order chi connectivity index (χ1) is 11.1. The van der Waals surface area contributed by atoms with E-state index in [0.29, 0.717) is 18.4 Å². The first kappa shape index (κ1) is 17.8. The Morgan fingerprint density at radius 3 is 2.57 bits per heavy atom. The van der Waals surface area contributed by atoms with Crippen LogP contribution in [0.3, 0.4) is 0 Å². The minimum Gasteiger partial charge on any atom is -0.370 e. The predicted octanol–water partition coefficient (Wildman–Crippen LogP) is 3.12. The number of aliphatic imine (C=N–C) groups is 1. The first-order valence-electron chi connectivity index (χ1n) is 8.98. The number of benzene rings is 1. The number of nitrogens with one attached hydrogen (secondary N) is 1. The van der Waals surface area contributed by atoms with E-state index in [1.165, 1.54) is 43.5 Å². The fraction of sp³-hybridized carbons (Fsp3) is 0.632. The van der Waals surface area contributed by atoms with E-state index < -0.39 is 0 Å². The third-order valence-electron chi connectivity index (χ3n) is 4.41. The Kier molecular flexibility index (Phi) is 7.40. The van der Waals surface area contributed by atoms with Crippen LogP contribution in [0.5, 0.6) is 0 Å². The van der Waals surface area contributed by atoms with E-state index in [-0.39, 0.29) is 0 Å². The molecule has 4 nitrogen and oxygen atoms in total. The summed E-state index contributed by atoms with van der Waals surface area (Å²) in [7, 11) is 0. The third kappa shape index (κ3) is 6.61. The largest absolute Gasteiger partial charge is 0.370 e. The summed E-state index contributed by atoms with van der Waals surface area (Å²) in [6, 6.07) is 8.61. The van der Waals surface area contributed by atoms with Crippen LogP contribution in [0.1, 0.15) is 50.7 Å². The van der Waals surface area contributed by atoms with Crippen LogP contribution in [0.15, 0.2) is 29.3 Å². The molecule has 1 heterocycles. The minimum absolute atomic E-state index is 0.554. The summed E-state index contributed by atoms with van der Waals surface area (Å²) in [5.41, 5.74) is 8.64. The van der Waals surface area contributed by atoms with E-state index in [9.17, 15) is 0 Å². The maximum Gasteiger partial charge on any atom is 0.188 e. The monoisotopic (exact) mass is 316 g/mol. The van der Waals surface area contributed by atoms with Crippen molar-refractivity contribution in [3.63, 3.8) is 0 Å². The Morgan fingerprint density at radius 2 is 1.87 bits per heavy atom. The van der Waals surface area contributed by atoms with Crippen LogP contribution in [0.25, 0.3) is 0 Å². The molecule has 4 heteroatoms. The second-order valence-electron chi connectivity index (χ2n) is 6.92. The fourth-order valence-electron chi connectivity index (χ4n) is 2.94. The summed E-state index contributed by atoms with van der Waals surface area (Å²) in [5, 5.41) is 3.20. The van der Waals surface area contributed by atoms with Gasteiger partial charge in [0.2, 0.25) is 0 Å². The van der Waals surface area contributed by atoms with Gasteiger partial charge in [-0.3, -0.25) is 4.90 Å². The molecule has 1 aliphatic rings. The van der Waals surface area contributed by atoms with Crippen molar-refractivity contribution in [3.05, 3.63) is 35.4 Å². The van der Waals surface area contributed by atoms with Gasteiger partial charge >= 0.3 is 0 Å². The van der Waals surface area contributed by atoms with Crippen molar-refractivity contribution in [1.82, 2.24) is 10.2 Å². The summed E-state index contributed by atoms with van der Waals surface area (Å²) in [5.74, 6) is 1.24. The molecule has 0 unspecified atom stereocenters. The molecule has 0 bridgehead atoms. The topological polar surface area (TPSA) is 53.6 Å². The summed E-state index contributed by atoms with van der Waals surface area (Å²) in [6.45, 7) is 9.45. The summed E-state index contributed by atoms with van der Waals surface area (Å²) in [6.07, 6.45) is 5.14. The molecule has 0 spiro atoms. The van der Waals surface area contributed by atoms with Crippen molar-refractivity contribution < 1.29 is 0 Å². The summed E-state index contributed by atoms with van der Waals surface area (Å²) < 4.78 is 0. The van der Waals surface area contributed by atoms with Crippen molar-refractivity contribution in [3.8, 4) is 0 Å². The lowest BCUT2D eigenvalue weighted by atomic mass is 10.1. The number of piperidine rings is 1. The Labute approximate surface area is 141 Å². The van der Waals surface area contributed by atoms with Gasteiger partial charge in [0.1, 0.15) is 0 Å². The minimum atomic E-state index is 0.554. The average Bonchev–Trinajstić information content (AvgIpc) is 2.55. The quantitative estimate of drug-likeness (QED) is 0.600. The van der Waals surface area contributed by atoms with Gasteiger partial charge in [-0.1, -0.05) is 44.5 Å². The molecule has 0 amide bonds. The third-order valence-corrected chi connectivity index (χ3v) is 4.41. The zero-order chi connectivity index (χ0) is 16.5. The molecule has 1 aromatic rings. The normalized spacial score (nSPS) is 16.7. The van der Waals surface area contributed by atoms with Crippen molar-refractivity contribution in [2.75, 3.05) is 19.6 Å². The average molecular weight is 316 g/mol. The number of likely N-dealkylation sites (tertiary alicyclic amines) is 1. The van der Waals surface area contributed by atoms with E-state index in [1.807, 2.05) is 0 Å². The predicted molar refractivity (Wildman–Crippen MR) is 98.4 cm³/mol. The van der Waals surface area contributed by atoms with Gasteiger partial charge in [0.05, 0.1) is 6.54 Å². The van der Waals surface area contributed by atoms with Crippen LogP contribution in [0.2, 0.25) is 0 Å². The lowest BCUT2D eigenvalue weighted by Gasteiger charge is -2.27. The molecule has 0 radical (unpaired) electrons. The van der Waals surface area contributed by atoms with Crippen LogP contribution < -0.4 is 11.1 Å². The molecule has 0 atom stereocenters. The second-order valence-corrected chi connectivity index (χ2v) is 6.92. The van der Waals surface area contributed by atoms with E-state index in [1.54, 1.807) is 0 Å². The molecule has 128 valence electrons. The molecule has 23 heavy (non-hydrogen) atoms. The Hall–Kier alpha value is -1.55. The maximum absolute atomic E-state index is 5.97. The standard InChI is InChI=1S/C19H32N4/c1-16(2)10-11-21-19(20)22-14-17-8-4-5-9-18(17)15-23-12-6-3-7-13-23/h4-5,8-9,16H,3,6-7,10-15H2,1-2H3,(H3,20,21,22). The van der Waals surface area contributed by atoms with Crippen LogP contribution in [-0.4, -0.2) is 30.5 Å². The second kappa shape index (κ2) is 9.56. The highest BCUT2D eigenvalue weighted by molar-refractivity contribution is 5.77. The number of hydrogen-bond acceptors (Lipinski definition) is 2. The number of rotatable bonds is 7. The fourth-order valence-corrected chi connectivity index (χ4v) is 2.94. The summed E-state index contributed by atoms with van der Waals surface area (Å²) in [4.78, 5) is 7.06. The van der Waals surface area contributed by atoms with Gasteiger partial charge in [-0.15, -0.1) is 0 Å². The lowest BCUT2D eigenvalue weighted by Crippen LogP contribution is -2.33. The molecule has 0 aromatic heterocycles. The number of guanidine groups is 1. The van der Waals surface area contributed by atoms with Gasteiger partial charge < -0.3 is 11.1 Å². The van der Waals surface area contributed by atoms with Crippen molar-refractivity contribution in [2.45, 2.75) is 52.6 Å². The SMILES string of the molecule is CC(C)CCNC(N)=NCc1ccccc1CN1CCCCC1. The van der Waals surface area contributed by atoms with Gasteiger partial charge in [-0.05, 0) is 49.4 Å². The molecule has 3 N–H and O–H groups in total. The van der Waals surface area contributed by atoms with Gasteiger partial charge in [0.15, 0.2) is 5.96 Å². The highest BCUT2D eigenvalue weighted by Crippen LogP contribution is 2.16. The summed E-state index contributed by atoms with van der Waals surface area (Å²) >= 11 is 0. The molecule has 1 aliphatic heterocycles. The first-order valence-corrected chi connectivity index (χ1v) is 8.98. The number of nitrogens with two attached hydrogens (primary N) is 1. The molecule has 0 aliphatic carbocycles. The maximum atomic E-state index is 5.97. The van der Waals surface area contributed by atoms with Gasteiger partial charge in [0.25, 0.3) is 0 Å². The van der Waals surface area contributed by atoms with Crippen molar-refractivity contribution in [1.29, 1.82) is 0 Å². The Morgan fingerprint density at radius 1 is 1.17 bits per heavy atom. The Bertz CT molecular complexity index is 490. The molecular formula is C19H32N4. The van der Waals surface area contributed by atoms with Gasteiger partial charge in [-0.2, -0.15) is 0 Å². The van der Waals surface area contributed by atoms with Crippen LogP contribution in [0, 0.1) is 5.92 Å². The molecule has 0 saturated carbocycles. The van der Waals surface area contributed by atoms with Gasteiger partial charge in [-0.25, -0.2) is 4.99 Å². The van der Waals surface area contributed by atoms with Crippen LogP contribution in [-0.2, 0) is 13.1 Å². The van der Waals surface area contributed by atoms with Crippen molar-refractivity contribution >= 4 is 5.96 Å². The van der Waals surface area contributed by atoms with E-state index >= 15 is 0 Å². The van der Waals surface area contributed by atoms with E-state index in [4.69, 9.17) is 5.73 Å². The van der Waals surface area contributed by atoms with Crippen LogP contribution >= 0.6 is 0 Å². The lowest BCUT2D eigenvalue weighted by molar-refractivity contribution is 0.220. The smallest absolute Gasteiger partial charge is 0.188 e. The van der Waals surface area contributed by atoms with E-state index in [2.05, 4.69) is 53.3 Å². The molecule has 2 rings (SSSR count). The number of hydrogen-bond donors (Lipinski definition) is 2. The van der Waals surface area contributed by atoms with Crippen molar-refractivity contribution in [2.24, 2.45) is 16.6 Å². The highest BCUT2D eigenvalue weighted by Gasteiger charge is 2.12. The molecular weight excluding hydrogens is 284 g/mol. The Balaban J connectivity index is 1.88. The zero-order valence-electron chi connectivity index (χ0n) is 14.7. The molecule has 1 aromatic carbocycles. The molecule has 1 saturated heterocycles. The van der Waals surface area contributed by atoms with Crippen LogP contribution in [0.4, 0.5) is 0 Å².